The highest BCUT2D eigenvalue weighted by molar-refractivity contribution is 9.10. The number of benzene rings is 15. The van der Waals surface area contributed by atoms with E-state index in [0.717, 1.165) is 76.8 Å². The van der Waals surface area contributed by atoms with Crippen LogP contribution in [-0.2, 0) is 21.7 Å². The Kier molecular flexibility index (Phi) is 15.5. The van der Waals surface area contributed by atoms with Gasteiger partial charge in [0.1, 0.15) is 34.5 Å². The average molecular weight is 1460 g/mol. The van der Waals surface area contributed by atoms with Crippen molar-refractivity contribution in [3.05, 3.63) is 453 Å². The van der Waals surface area contributed by atoms with Crippen LogP contribution in [0.2, 0.25) is 0 Å². The zero-order valence-corrected chi connectivity index (χ0v) is 62.4. The van der Waals surface area contributed by atoms with Crippen LogP contribution in [0.4, 0.5) is 28.4 Å². The van der Waals surface area contributed by atoms with Gasteiger partial charge >= 0.3 is 0 Å². The van der Waals surface area contributed by atoms with E-state index in [0.29, 0.717) is 0 Å². The van der Waals surface area contributed by atoms with Crippen molar-refractivity contribution < 1.29 is 8.83 Å². The van der Waals surface area contributed by atoms with Crippen LogP contribution in [0.15, 0.2) is 389 Å². The fourth-order valence-electron chi connectivity index (χ4n) is 19.0. The van der Waals surface area contributed by atoms with Crippen LogP contribution in [0, 0.1) is 6.08 Å². The predicted octanol–water partition coefficient (Wildman–Crippen LogP) is 27.8. The average Bonchev–Trinajstić information content (AvgIpc) is 1.57. The molecule has 1 atom stereocenters. The first kappa shape index (κ1) is 65.6. The Morgan fingerprint density at radius 3 is 1.40 bits per heavy atom. The molecule has 0 saturated carbocycles. The van der Waals surface area contributed by atoms with Crippen molar-refractivity contribution in [2.75, 3.05) is 10.2 Å². The molecule has 0 bridgehead atoms. The zero-order chi connectivity index (χ0) is 73.2. The summed E-state index contributed by atoms with van der Waals surface area (Å²) in [5.74, 6) is 0. The predicted molar refractivity (Wildman–Crippen MR) is 455 cm³/mol. The van der Waals surface area contributed by atoms with E-state index in [9.17, 15) is 0 Å². The van der Waals surface area contributed by atoms with Gasteiger partial charge in [-0.3, -0.25) is 0 Å². The Morgan fingerprint density at radius 2 is 0.771 bits per heavy atom. The minimum absolute atomic E-state index is 0.121. The van der Waals surface area contributed by atoms with Gasteiger partial charge in [-0.05, 0) is 186 Å². The molecule has 109 heavy (non-hydrogen) atoms. The summed E-state index contributed by atoms with van der Waals surface area (Å²) in [5, 5.41) is 8.17. The third kappa shape index (κ3) is 10.1. The van der Waals surface area contributed by atoms with Gasteiger partial charge in [0.25, 0.3) is 0 Å². The maximum atomic E-state index is 6.49. The molecule has 0 spiro atoms. The highest BCUT2D eigenvalue weighted by atomic mass is 79.9. The van der Waals surface area contributed by atoms with E-state index in [1.807, 2.05) is 36.4 Å². The number of nitrogens with one attached hydrogen (secondary N) is 1. The van der Waals surface area contributed by atoms with Gasteiger partial charge in [-0.1, -0.05) is 304 Å². The molecular formula is C104H74BrN2O2+. The Morgan fingerprint density at radius 1 is 0.330 bits per heavy atom. The Hall–Kier alpha value is -12.9. The summed E-state index contributed by atoms with van der Waals surface area (Å²) in [6.45, 7) is 9.30. The van der Waals surface area contributed by atoms with Crippen LogP contribution in [-0.4, -0.2) is 0 Å². The van der Waals surface area contributed by atoms with Gasteiger partial charge in [0.15, 0.2) is 0 Å². The summed E-state index contributed by atoms with van der Waals surface area (Å²) in [6, 6.07) is 127. The van der Waals surface area contributed by atoms with Crippen LogP contribution < -0.4 is 10.2 Å². The van der Waals surface area contributed by atoms with Crippen LogP contribution in [0.1, 0.15) is 94.5 Å². The van der Waals surface area contributed by atoms with Gasteiger partial charge in [0, 0.05) is 54.8 Å². The van der Waals surface area contributed by atoms with Crippen molar-refractivity contribution >= 4 is 93.8 Å². The fourth-order valence-corrected chi connectivity index (χ4v) is 19.3. The number of rotatable bonds is 9. The van der Waals surface area contributed by atoms with Crippen molar-refractivity contribution in [3.63, 3.8) is 0 Å². The molecule has 0 amide bonds. The molecule has 22 rings (SSSR count). The molecule has 1 unspecified atom stereocenters. The molecule has 518 valence electrons. The number of hydrogen-bond acceptors (Lipinski definition) is 4. The van der Waals surface area contributed by atoms with E-state index in [-0.39, 0.29) is 10.8 Å². The molecule has 5 aliphatic rings. The van der Waals surface area contributed by atoms with Gasteiger partial charge in [0.05, 0.1) is 50.2 Å². The van der Waals surface area contributed by atoms with E-state index in [1.54, 1.807) is 0 Å². The maximum Gasteiger partial charge on any atom is 0.137 e. The molecular weight excluding hydrogens is 1390 g/mol. The Labute approximate surface area is 644 Å². The van der Waals surface area contributed by atoms with E-state index in [2.05, 4.69) is 394 Å². The minimum atomic E-state index is -0.508. The number of allylic oxidation sites excluding steroid dienone is 6. The lowest BCUT2D eigenvalue weighted by atomic mass is 9.66. The van der Waals surface area contributed by atoms with Crippen LogP contribution >= 0.6 is 15.9 Å². The van der Waals surface area contributed by atoms with E-state index in [4.69, 9.17) is 8.83 Å². The smallest absolute Gasteiger partial charge is 0.137 e. The van der Waals surface area contributed by atoms with Crippen LogP contribution in [0.5, 0.6) is 0 Å². The standard InChI is InChI=1S/C52H37NO.C37H24NO.C15H13Br/c1-51(2)43-24-10-6-20-38(43)41-31-30-37(33-46(41)51)53(47-27-15-29-49-50(47)42-23-9-13-28-48(42)54-49)36-19-14-18-35(32-36)52(34-16-4-3-5-17-34)44-25-11-7-21-39(44)40-22-8-12-26-45(40)52;1-2-12-25(13-3-1)37(31-19-7-4-16-28(31)29-17-5-8-20-32(29)37)26-14-10-15-27(24-26)38-33-21-11-23-35-36(33)30-18-6-9-22-34(30)39-35;1-15(2)13-6-4-3-5-11(13)12-8-7-10(16)9-14(12)15/h3-33H,1-2H3;1-4,6-24,38H;3-9H,1-2H3/q;+1;. The lowest BCUT2D eigenvalue weighted by Gasteiger charge is -2.35. The Bertz CT molecular complexity index is 6580. The molecule has 0 radical (unpaired) electrons. The molecule has 2 heterocycles. The fraction of sp³-hybridized carbons (Fsp3) is 0.0769. The first-order chi connectivity index (χ1) is 53.5. The number of anilines is 5. The summed E-state index contributed by atoms with van der Waals surface area (Å²) >= 11 is 3.56. The van der Waals surface area contributed by atoms with E-state index >= 15 is 0 Å². The second-order valence-corrected chi connectivity index (χ2v) is 31.1. The molecule has 2 aromatic heterocycles. The van der Waals surface area contributed by atoms with Crippen LogP contribution in [0.25, 0.3) is 82.8 Å². The molecule has 1 N–H and O–H groups in total. The molecule has 0 aliphatic heterocycles. The summed E-state index contributed by atoms with van der Waals surface area (Å²) in [7, 11) is 0. The molecule has 15 aromatic carbocycles. The number of halogens is 1. The quantitative estimate of drug-likeness (QED) is 0.146. The zero-order valence-electron chi connectivity index (χ0n) is 60.9. The van der Waals surface area contributed by atoms with Crippen molar-refractivity contribution in [2.24, 2.45) is 0 Å². The third-order valence-corrected chi connectivity index (χ3v) is 24.3. The maximum absolute atomic E-state index is 6.49. The molecule has 17 aromatic rings. The lowest BCUT2D eigenvalue weighted by molar-refractivity contribution is 0.660. The number of para-hydroxylation sites is 2. The monoisotopic (exact) mass is 1460 g/mol. The third-order valence-electron chi connectivity index (χ3n) is 23.8. The number of fused-ring (bicyclic) bond motifs is 17. The molecule has 0 saturated heterocycles. The van der Waals surface area contributed by atoms with Gasteiger partial charge in [-0.15, -0.1) is 0 Å². The first-order valence-electron chi connectivity index (χ1n) is 37.6. The van der Waals surface area contributed by atoms with Crippen molar-refractivity contribution in [1.29, 1.82) is 0 Å². The lowest BCUT2D eigenvalue weighted by Crippen LogP contribution is -2.29. The van der Waals surface area contributed by atoms with Crippen molar-refractivity contribution in [3.8, 4) is 33.4 Å². The summed E-state index contributed by atoms with van der Waals surface area (Å²) in [4.78, 5) is 2.46. The van der Waals surface area contributed by atoms with Gasteiger partial charge in [-0.2, -0.15) is 0 Å². The van der Waals surface area contributed by atoms with Gasteiger partial charge in [-0.25, -0.2) is 0 Å². The molecule has 0 fully saturated rings. The second kappa shape index (κ2) is 25.7. The molecule has 5 aliphatic carbocycles. The normalized spacial score (nSPS) is 15.6. The van der Waals surface area contributed by atoms with E-state index < -0.39 is 10.8 Å². The summed E-state index contributed by atoms with van der Waals surface area (Å²) in [5.41, 5.74) is 34.1. The highest BCUT2D eigenvalue weighted by Gasteiger charge is 2.52. The largest absolute Gasteiger partial charge is 0.456 e. The van der Waals surface area contributed by atoms with Gasteiger partial charge < -0.3 is 19.1 Å². The van der Waals surface area contributed by atoms with Crippen LogP contribution in [0.3, 0.4) is 0 Å². The minimum Gasteiger partial charge on any atom is -0.456 e. The number of hydrogen-bond donors (Lipinski definition) is 1. The van der Waals surface area contributed by atoms with Crippen molar-refractivity contribution in [2.45, 2.75) is 49.4 Å². The van der Waals surface area contributed by atoms with Gasteiger partial charge in [0.2, 0.25) is 0 Å². The number of nitrogens with zero attached hydrogens (tertiary/aromatic N) is 1. The second-order valence-electron chi connectivity index (χ2n) is 30.2. The molecule has 4 nitrogen and oxygen atoms in total. The van der Waals surface area contributed by atoms with E-state index in [1.165, 1.54) is 111 Å². The first-order valence-corrected chi connectivity index (χ1v) is 38.4. The summed E-state index contributed by atoms with van der Waals surface area (Å²) < 4.78 is 13.8. The Balaban J connectivity index is 0.000000123. The highest BCUT2D eigenvalue weighted by Crippen LogP contribution is 2.60. The molecule has 5 heteroatoms. The summed E-state index contributed by atoms with van der Waals surface area (Å²) in [6.07, 6.45) is 9.73. The SMILES string of the molecule is CC1(C)c2ccccc2-c2ccc(Br)cc21.CC1(C)c2ccccc2-c2ccc(N(c3cccc(C4(c5ccccc5)c5ccccc5-c5ccccc54)c3)c3cccc4oc5ccccc5c34)cc21.[C+]1=CC2=C(C=C1)C(c1ccccc1)(c1cccc(Nc3cccc4oc5ccccc5c34)c1)c1ccccc12. The number of furan rings is 2. The topological polar surface area (TPSA) is 41.6 Å². The van der Waals surface area contributed by atoms with Crippen molar-refractivity contribution in [1.82, 2.24) is 0 Å².